The molecule has 0 fully saturated rings. The molecule has 0 aromatic heterocycles. The molecule has 0 radical (unpaired) electrons. The van der Waals surface area contributed by atoms with Gasteiger partial charge in [-0.15, -0.1) is 0 Å². The van der Waals surface area contributed by atoms with Crippen molar-refractivity contribution in [2.45, 2.75) is 4.90 Å². The SMILES string of the molecule is O=S(=O)(OP(O)(O)(O)Oc1cccc2ccccc12)c1ccccc1. The summed E-state index contributed by atoms with van der Waals surface area (Å²) in [5.74, 6) is -0.133. The van der Waals surface area contributed by atoms with Crippen molar-refractivity contribution in [2.24, 2.45) is 0 Å². The Balaban J connectivity index is 1.97. The Morgan fingerprint density at radius 2 is 1.36 bits per heavy atom. The number of rotatable bonds is 5. The van der Waals surface area contributed by atoms with Gasteiger partial charge in [0.15, 0.2) is 0 Å². The minimum absolute atomic E-state index is 0.133. The van der Waals surface area contributed by atoms with Gasteiger partial charge in [-0.1, -0.05) is 0 Å². The van der Waals surface area contributed by atoms with Crippen LogP contribution in [0.5, 0.6) is 5.75 Å². The van der Waals surface area contributed by atoms with Crippen molar-refractivity contribution < 1.29 is 31.6 Å². The summed E-state index contributed by atoms with van der Waals surface area (Å²) in [7, 11) is -11.1. The topological polar surface area (TPSA) is 113 Å². The average molecular weight is 382 g/mol. The van der Waals surface area contributed by atoms with Crippen LogP contribution >= 0.6 is 7.74 Å². The maximum absolute atomic E-state index is 12.2. The Bertz CT molecular complexity index is 1010. The molecule has 0 saturated carbocycles. The van der Waals surface area contributed by atoms with E-state index in [2.05, 4.69) is 3.97 Å². The molecule has 0 aliphatic carbocycles. The fourth-order valence-electron chi connectivity index (χ4n) is 2.26. The number of fused-ring (bicyclic) bond motifs is 1. The van der Waals surface area contributed by atoms with E-state index in [1.165, 1.54) is 30.3 Å². The summed E-state index contributed by atoms with van der Waals surface area (Å²) in [6.07, 6.45) is 0. The molecule has 0 unspecified atom stereocenters. The fraction of sp³-hybridized carbons (Fsp3) is 0. The van der Waals surface area contributed by atoms with E-state index in [0.717, 1.165) is 0 Å². The van der Waals surface area contributed by atoms with Crippen LogP contribution in [0, 0.1) is 0 Å². The zero-order chi connectivity index (χ0) is 18.2. The van der Waals surface area contributed by atoms with Gasteiger partial charge in [-0.25, -0.2) is 0 Å². The third kappa shape index (κ3) is 4.13. The van der Waals surface area contributed by atoms with E-state index in [0.29, 0.717) is 10.8 Å². The summed E-state index contributed by atoms with van der Waals surface area (Å²) < 4.78 is 33.5. The molecule has 0 aliphatic heterocycles. The summed E-state index contributed by atoms with van der Waals surface area (Å²) in [4.78, 5) is 29.7. The molecule has 3 aromatic rings. The van der Waals surface area contributed by atoms with Crippen molar-refractivity contribution in [1.29, 1.82) is 0 Å². The van der Waals surface area contributed by atoms with Crippen LogP contribution in [0.4, 0.5) is 0 Å². The molecule has 7 nitrogen and oxygen atoms in total. The van der Waals surface area contributed by atoms with Crippen molar-refractivity contribution in [2.75, 3.05) is 0 Å². The molecule has 3 aromatic carbocycles. The molecule has 0 heterocycles. The molecule has 0 atom stereocenters. The molecule has 0 amide bonds. The van der Waals surface area contributed by atoms with Crippen LogP contribution in [-0.4, -0.2) is 23.1 Å². The van der Waals surface area contributed by atoms with Crippen molar-refractivity contribution >= 4 is 28.6 Å². The average Bonchev–Trinajstić information content (AvgIpc) is 2.54. The van der Waals surface area contributed by atoms with Crippen LogP contribution < -0.4 is 4.52 Å². The second-order valence-corrected chi connectivity index (χ2v) is 9.07. The third-order valence-electron chi connectivity index (χ3n) is 3.27. The summed E-state index contributed by atoms with van der Waals surface area (Å²) in [6.45, 7) is 0. The van der Waals surface area contributed by atoms with Crippen molar-refractivity contribution in [1.82, 2.24) is 0 Å². The van der Waals surface area contributed by atoms with Gasteiger partial charge in [-0.3, -0.25) is 0 Å². The molecule has 0 bridgehead atoms. The molecule has 9 heteroatoms. The van der Waals surface area contributed by atoms with Crippen LogP contribution in [0.2, 0.25) is 0 Å². The predicted octanol–water partition coefficient (Wildman–Crippen LogP) is 2.73. The molecule has 25 heavy (non-hydrogen) atoms. The molecule has 0 aliphatic rings. The van der Waals surface area contributed by atoms with Crippen LogP contribution in [-0.2, 0) is 14.1 Å². The Morgan fingerprint density at radius 3 is 2.08 bits per heavy atom. The summed E-state index contributed by atoms with van der Waals surface area (Å²) in [6, 6.07) is 18.2. The van der Waals surface area contributed by atoms with Gasteiger partial charge >= 0.3 is 144 Å². The fourth-order valence-corrected chi connectivity index (χ4v) is 5.10. The quantitative estimate of drug-likeness (QED) is 0.582. The Hall–Kier alpha value is -2.06. The number of benzene rings is 3. The zero-order valence-corrected chi connectivity index (χ0v) is 14.5. The molecule has 0 spiro atoms. The van der Waals surface area contributed by atoms with E-state index in [9.17, 15) is 23.1 Å². The zero-order valence-electron chi connectivity index (χ0n) is 12.8. The first kappa shape index (κ1) is 17.8. The maximum atomic E-state index is 12.2. The van der Waals surface area contributed by atoms with Gasteiger partial charge in [0.1, 0.15) is 0 Å². The second kappa shape index (κ2) is 6.03. The predicted molar refractivity (Wildman–Crippen MR) is 92.9 cm³/mol. The Labute approximate surface area is 144 Å². The number of hydrogen-bond acceptors (Lipinski definition) is 7. The van der Waals surface area contributed by atoms with E-state index in [-0.39, 0.29) is 10.6 Å². The standard InChI is InChI=1S/C16H15O7PS/c17-24(18,19,23-25(20,21)14-9-2-1-3-10-14)22-16-12-6-8-13-7-4-5-11-15(13)16/h1-12,17-19H. The summed E-state index contributed by atoms with van der Waals surface area (Å²) >= 11 is 0. The molecular weight excluding hydrogens is 367 g/mol. The first-order valence-corrected chi connectivity index (χ1v) is 10.4. The monoisotopic (exact) mass is 382 g/mol. The van der Waals surface area contributed by atoms with Crippen LogP contribution in [0.15, 0.2) is 77.7 Å². The van der Waals surface area contributed by atoms with Crippen molar-refractivity contribution in [3.8, 4) is 5.75 Å². The molecule has 132 valence electrons. The van der Waals surface area contributed by atoms with Gasteiger partial charge in [0.25, 0.3) is 0 Å². The molecule has 3 rings (SSSR count). The van der Waals surface area contributed by atoms with Crippen LogP contribution in [0.3, 0.4) is 0 Å². The van der Waals surface area contributed by atoms with Crippen molar-refractivity contribution in [3.05, 3.63) is 72.8 Å². The third-order valence-corrected chi connectivity index (χ3v) is 6.46. The normalized spacial score (nSPS) is 14.0. The van der Waals surface area contributed by atoms with Gasteiger partial charge in [0.05, 0.1) is 0 Å². The van der Waals surface area contributed by atoms with E-state index in [1.807, 2.05) is 0 Å². The van der Waals surface area contributed by atoms with Gasteiger partial charge < -0.3 is 0 Å². The van der Waals surface area contributed by atoms with E-state index < -0.39 is 17.9 Å². The van der Waals surface area contributed by atoms with Crippen LogP contribution in [0.25, 0.3) is 10.8 Å². The van der Waals surface area contributed by atoms with Crippen LogP contribution in [0.1, 0.15) is 0 Å². The Morgan fingerprint density at radius 1 is 0.760 bits per heavy atom. The molecule has 0 saturated heterocycles. The molecule has 3 N–H and O–H groups in total. The second-order valence-electron chi connectivity index (χ2n) is 5.24. The van der Waals surface area contributed by atoms with Gasteiger partial charge in [0.2, 0.25) is 0 Å². The number of hydrogen-bond donors (Lipinski definition) is 3. The van der Waals surface area contributed by atoms with E-state index in [4.69, 9.17) is 4.52 Å². The molecular formula is C16H15O7PS. The first-order chi connectivity index (χ1) is 11.6. The Kier molecular flexibility index (Phi) is 4.28. The summed E-state index contributed by atoms with van der Waals surface area (Å²) in [5, 5.41) is 1.13. The van der Waals surface area contributed by atoms with E-state index in [1.54, 1.807) is 42.5 Å². The van der Waals surface area contributed by atoms with Gasteiger partial charge in [-0.05, 0) is 0 Å². The first-order valence-electron chi connectivity index (χ1n) is 7.11. The summed E-state index contributed by atoms with van der Waals surface area (Å²) in [5.41, 5.74) is 0. The minimum atomic E-state index is -6.45. The van der Waals surface area contributed by atoms with Crippen molar-refractivity contribution in [3.63, 3.8) is 0 Å². The van der Waals surface area contributed by atoms with Gasteiger partial charge in [0, 0.05) is 0 Å². The van der Waals surface area contributed by atoms with Gasteiger partial charge in [-0.2, -0.15) is 0 Å². The van der Waals surface area contributed by atoms with E-state index >= 15 is 0 Å².